The maximum Gasteiger partial charge on any atom is 0.259 e. The lowest BCUT2D eigenvalue weighted by Crippen LogP contribution is -2.63. The molecule has 3 fully saturated rings. The SMILES string of the molecule is CC(=O)Cc1cccc(CCN2CCC3(CC2)CN(c2ccccc2)C(=O)C2(CC2)O3)c1. The van der Waals surface area contributed by atoms with Crippen molar-refractivity contribution in [2.75, 3.05) is 31.1 Å². The van der Waals surface area contributed by atoms with Crippen molar-refractivity contribution in [1.29, 1.82) is 0 Å². The van der Waals surface area contributed by atoms with Gasteiger partial charge in [0.1, 0.15) is 11.4 Å². The number of hydrogen-bond acceptors (Lipinski definition) is 4. The number of ether oxygens (including phenoxy) is 1. The fourth-order valence-electron chi connectivity index (χ4n) is 5.26. The summed E-state index contributed by atoms with van der Waals surface area (Å²) < 4.78 is 6.59. The van der Waals surface area contributed by atoms with E-state index in [1.165, 1.54) is 5.56 Å². The van der Waals surface area contributed by atoms with Gasteiger partial charge in [0.15, 0.2) is 0 Å². The van der Waals surface area contributed by atoms with Crippen molar-refractivity contribution < 1.29 is 14.3 Å². The van der Waals surface area contributed by atoms with E-state index < -0.39 is 5.60 Å². The van der Waals surface area contributed by atoms with Crippen LogP contribution in [0.4, 0.5) is 5.69 Å². The molecule has 1 amide bonds. The maximum atomic E-state index is 13.1. The van der Waals surface area contributed by atoms with Crippen LogP contribution in [-0.2, 0) is 27.2 Å². The van der Waals surface area contributed by atoms with E-state index in [2.05, 4.69) is 23.1 Å². The van der Waals surface area contributed by atoms with Crippen molar-refractivity contribution >= 4 is 17.4 Å². The molecule has 2 spiro atoms. The van der Waals surface area contributed by atoms with Gasteiger partial charge >= 0.3 is 0 Å². The number of hydrogen-bond donors (Lipinski definition) is 0. The average molecular weight is 433 g/mol. The van der Waals surface area contributed by atoms with Gasteiger partial charge in [-0.3, -0.25) is 9.59 Å². The Hall–Kier alpha value is -2.50. The van der Waals surface area contributed by atoms with Crippen LogP contribution in [0.15, 0.2) is 54.6 Å². The summed E-state index contributed by atoms with van der Waals surface area (Å²) in [5.41, 5.74) is 2.56. The number of carbonyl (C=O) groups is 2. The highest BCUT2D eigenvalue weighted by atomic mass is 16.5. The Labute approximate surface area is 190 Å². The lowest BCUT2D eigenvalue weighted by Gasteiger charge is -2.50. The van der Waals surface area contributed by atoms with Gasteiger partial charge in [-0.15, -0.1) is 0 Å². The summed E-state index contributed by atoms with van der Waals surface area (Å²) in [7, 11) is 0. The highest BCUT2D eigenvalue weighted by Gasteiger charge is 2.62. The molecule has 1 saturated carbocycles. The summed E-state index contributed by atoms with van der Waals surface area (Å²) >= 11 is 0. The van der Waals surface area contributed by atoms with Crippen LogP contribution in [0.1, 0.15) is 43.7 Å². The summed E-state index contributed by atoms with van der Waals surface area (Å²) in [4.78, 5) is 29.0. The molecule has 0 atom stereocenters. The third-order valence-electron chi connectivity index (χ3n) is 7.19. The molecule has 32 heavy (non-hydrogen) atoms. The maximum absolute atomic E-state index is 13.1. The van der Waals surface area contributed by atoms with E-state index in [0.717, 1.165) is 63.0 Å². The number of amides is 1. The van der Waals surface area contributed by atoms with Gasteiger partial charge in [0, 0.05) is 31.7 Å². The molecule has 2 aromatic rings. The van der Waals surface area contributed by atoms with Gasteiger partial charge in [-0.1, -0.05) is 42.5 Å². The summed E-state index contributed by atoms with van der Waals surface area (Å²) in [6, 6.07) is 18.5. The Morgan fingerprint density at radius 1 is 0.969 bits per heavy atom. The minimum Gasteiger partial charge on any atom is -0.357 e. The molecule has 1 aliphatic carbocycles. The number of rotatable bonds is 6. The zero-order valence-electron chi connectivity index (χ0n) is 18.9. The monoisotopic (exact) mass is 432 g/mol. The summed E-state index contributed by atoms with van der Waals surface area (Å²) in [5, 5.41) is 0. The number of ketones is 1. The zero-order chi connectivity index (χ0) is 22.2. The van der Waals surface area contributed by atoms with Crippen LogP contribution >= 0.6 is 0 Å². The molecule has 5 rings (SSSR count). The standard InChI is InChI=1S/C27H32N2O3/c1-21(30)18-23-7-5-6-22(19-23)10-15-28-16-13-26(14-17-28)20-29(24-8-3-2-4-9-24)25(31)27(32-26)11-12-27/h2-9,19H,10-18,20H2,1H3. The first-order valence-corrected chi connectivity index (χ1v) is 11.8. The lowest BCUT2D eigenvalue weighted by molar-refractivity contribution is -0.172. The predicted molar refractivity (Wildman–Crippen MR) is 125 cm³/mol. The number of piperidine rings is 1. The van der Waals surface area contributed by atoms with Crippen LogP contribution in [-0.4, -0.2) is 54.0 Å². The first kappa shape index (κ1) is 21.4. The minimum atomic E-state index is -0.576. The Morgan fingerprint density at radius 3 is 2.38 bits per heavy atom. The molecule has 5 heteroatoms. The second-order valence-electron chi connectivity index (χ2n) is 9.80. The smallest absolute Gasteiger partial charge is 0.259 e. The molecule has 0 aromatic heterocycles. The number of para-hydroxylation sites is 1. The number of benzene rings is 2. The van der Waals surface area contributed by atoms with Crippen LogP contribution in [0.25, 0.3) is 0 Å². The molecule has 2 aliphatic heterocycles. The number of nitrogens with zero attached hydrogens (tertiary/aromatic N) is 2. The molecule has 168 valence electrons. The van der Waals surface area contributed by atoms with Crippen molar-refractivity contribution in [1.82, 2.24) is 4.90 Å². The van der Waals surface area contributed by atoms with Gasteiger partial charge in [0.2, 0.25) is 0 Å². The second-order valence-corrected chi connectivity index (χ2v) is 9.80. The third kappa shape index (κ3) is 4.37. The minimum absolute atomic E-state index is 0.141. The molecule has 3 aliphatic rings. The van der Waals surface area contributed by atoms with Crippen molar-refractivity contribution in [2.24, 2.45) is 0 Å². The van der Waals surface area contributed by atoms with Crippen LogP contribution in [0.3, 0.4) is 0 Å². The van der Waals surface area contributed by atoms with Gasteiger partial charge in [0.25, 0.3) is 5.91 Å². The van der Waals surface area contributed by atoms with Crippen LogP contribution in [0.2, 0.25) is 0 Å². The van der Waals surface area contributed by atoms with Gasteiger partial charge in [-0.05, 0) is 62.3 Å². The molecular weight excluding hydrogens is 400 g/mol. The summed E-state index contributed by atoms with van der Waals surface area (Å²) in [5.74, 6) is 0.342. The molecule has 0 radical (unpaired) electrons. The van der Waals surface area contributed by atoms with E-state index in [1.54, 1.807) is 6.92 Å². The van der Waals surface area contributed by atoms with Gasteiger partial charge < -0.3 is 14.5 Å². The molecule has 0 unspecified atom stereocenters. The second kappa shape index (κ2) is 8.45. The molecule has 0 N–H and O–H groups in total. The first-order valence-electron chi connectivity index (χ1n) is 11.8. The third-order valence-corrected chi connectivity index (χ3v) is 7.19. The summed E-state index contributed by atoms with van der Waals surface area (Å²) in [6.07, 6.45) is 5.09. The van der Waals surface area contributed by atoms with Crippen molar-refractivity contribution in [3.63, 3.8) is 0 Å². The fraction of sp³-hybridized carbons (Fsp3) is 0.481. The normalized spacial score (nSPS) is 21.8. The Balaban J connectivity index is 1.21. The van der Waals surface area contributed by atoms with E-state index in [0.29, 0.717) is 13.0 Å². The molecule has 0 bridgehead atoms. The molecular formula is C27H32N2O3. The molecule has 2 aromatic carbocycles. The predicted octanol–water partition coefficient (Wildman–Crippen LogP) is 3.79. The van der Waals surface area contributed by atoms with Gasteiger partial charge in [-0.25, -0.2) is 0 Å². The highest BCUT2D eigenvalue weighted by Crippen LogP contribution is 2.50. The first-order chi connectivity index (χ1) is 15.5. The number of carbonyl (C=O) groups excluding carboxylic acids is 2. The summed E-state index contributed by atoms with van der Waals surface area (Å²) in [6.45, 7) is 5.27. The number of Topliss-reactive ketones (excluding diaryl/α,β-unsaturated/α-hetero) is 1. The van der Waals surface area contributed by atoms with Gasteiger partial charge in [-0.2, -0.15) is 0 Å². The molecule has 2 saturated heterocycles. The van der Waals surface area contributed by atoms with Crippen LogP contribution in [0.5, 0.6) is 0 Å². The van der Waals surface area contributed by atoms with Crippen LogP contribution in [0, 0.1) is 0 Å². The van der Waals surface area contributed by atoms with E-state index in [4.69, 9.17) is 4.74 Å². The Morgan fingerprint density at radius 2 is 1.69 bits per heavy atom. The molecule has 2 heterocycles. The van der Waals surface area contributed by atoms with E-state index in [-0.39, 0.29) is 17.3 Å². The number of anilines is 1. The Bertz CT molecular complexity index is 991. The van der Waals surface area contributed by atoms with Crippen LogP contribution < -0.4 is 4.90 Å². The fourth-order valence-corrected chi connectivity index (χ4v) is 5.26. The average Bonchev–Trinajstić information content (AvgIpc) is 3.56. The zero-order valence-corrected chi connectivity index (χ0v) is 18.9. The van der Waals surface area contributed by atoms with Crippen molar-refractivity contribution in [3.8, 4) is 0 Å². The molecule has 5 nitrogen and oxygen atoms in total. The largest absolute Gasteiger partial charge is 0.357 e. The van der Waals surface area contributed by atoms with E-state index in [9.17, 15) is 9.59 Å². The van der Waals surface area contributed by atoms with Gasteiger partial charge in [0.05, 0.1) is 12.1 Å². The number of morpholine rings is 1. The Kier molecular flexibility index (Phi) is 5.64. The van der Waals surface area contributed by atoms with E-state index in [1.807, 2.05) is 41.3 Å². The van der Waals surface area contributed by atoms with Crippen molar-refractivity contribution in [2.45, 2.75) is 56.7 Å². The lowest BCUT2D eigenvalue weighted by atomic mass is 9.87. The van der Waals surface area contributed by atoms with E-state index >= 15 is 0 Å². The quantitative estimate of drug-likeness (QED) is 0.697. The van der Waals surface area contributed by atoms with Crippen molar-refractivity contribution in [3.05, 3.63) is 65.7 Å². The topological polar surface area (TPSA) is 49.9 Å². The number of likely N-dealkylation sites (tertiary alicyclic amines) is 1. The highest BCUT2D eigenvalue weighted by molar-refractivity contribution is 6.02.